The molecular weight excluding hydrogens is 314 g/mol. The molecule has 0 heterocycles. The minimum absolute atomic E-state index is 0.0109. The van der Waals surface area contributed by atoms with Crippen LogP contribution < -0.4 is 5.32 Å². The zero-order valence-corrected chi connectivity index (χ0v) is 14.2. The summed E-state index contributed by atoms with van der Waals surface area (Å²) in [5.74, 6) is 0. The van der Waals surface area contributed by atoms with E-state index in [0.717, 1.165) is 13.0 Å². The van der Waals surface area contributed by atoms with Gasteiger partial charge in [0.25, 0.3) is 0 Å². The highest BCUT2D eigenvalue weighted by molar-refractivity contribution is 9.10. The number of hydrogen-bond donors (Lipinski definition) is 1. The van der Waals surface area contributed by atoms with E-state index in [2.05, 4.69) is 59.5 Å². The van der Waals surface area contributed by atoms with Gasteiger partial charge in [-0.2, -0.15) is 0 Å². The molecule has 1 saturated carbocycles. The number of nitrogens with one attached hydrogen (secondary N) is 1. The normalized spacial score (nSPS) is 19.8. The number of likely N-dealkylation sites (N-methyl/N-ethyl adjacent to an activating group) is 1. The number of hydrogen-bond acceptors (Lipinski definition) is 2. The first-order valence-corrected chi connectivity index (χ1v) is 8.56. The Morgan fingerprint density at radius 3 is 2.55 bits per heavy atom. The molecule has 1 aromatic carbocycles. The van der Waals surface area contributed by atoms with Crippen molar-refractivity contribution in [3.63, 3.8) is 0 Å². The van der Waals surface area contributed by atoms with Crippen LogP contribution in [0.3, 0.4) is 0 Å². The third-order valence-electron chi connectivity index (χ3n) is 4.50. The maximum Gasteiger partial charge on any atom is 0.0837 e. The van der Waals surface area contributed by atoms with Gasteiger partial charge in [-0.15, -0.1) is 0 Å². The second-order valence-corrected chi connectivity index (χ2v) is 6.55. The van der Waals surface area contributed by atoms with Crippen molar-refractivity contribution in [1.82, 2.24) is 5.32 Å². The van der Waals surface area contributed by atoms with Gasteiger partial charge in [-0.1, -0.05) is 53.4 Å². The molecule has 1 aliphatic carbocycles. The van der Waals surface area contributed by atoms with Gasteiger partial charge in [-0.05, 0) is 44.9 Å². The van der Waals surface area contributed by atoms with Crippen LogP contribution in [0.4, 0.5) is 0 Å². The lowest BCUT2D eigenvalue weighted by Gasteiger charge is -2.43. The standard InChI is InChI=1S/C17H26BrNO/c1-3-20-17(11-7-4-8-12-17)16(19-2)13-14-9-5-6-10-15(14)18/h5-6,9-10,16,19H,3-4,7-8,11-13H2,1-2H3. The van der Waals surface area contributed by atoms with Crippen LogP contribution in [0.5, 0.6) is 0 Å². The Hall–Kier alpha value is -0.380. The Labute approximate surface area is 131 Å². The zero-order chi connectivity index (χ0) is 14.4. The predicted molar refractivity (Wildman–Crippen MR) is 88.1 cm³/mol. The number of ether oxygens (including phenoxy) is 1. The van der Waals surface area contributed by atoms with Crippen molar-refractivity contribution in [2.75, 3.05) is 13.7 Å². The summed E-state index contributed by atoms with van der Waals surface area (Å²) in [5.41, 5.74) is 1.37. The van der Waals surface area contributed by atoms with Gasteiger partial charge >= 0.3 is 0 Å². The molecule has 1 aliphatic rings. The molecular formula is C17H26BrNO. The zero-order valence-electron chi connectivity index (χ0n) is 12.6. The van der Waals surface area contributed by atoms with E-state index in [1.54, 1.807) is 0 Å². The smallest absolute Gasteiger partial charge is 0.0837 e. The maximum atomic E-state index is 6.26. The fraction of sp³-hybridized carbons (Fsp3) is 0.647. The van der Waals surface area contributed by atoms with Crippen LogP contribution in [0.1, 0.15) is 44.6 Å². The van der Waals surface area contributed by atoms with Gasteiger partial charge < -0.3 is 10.1 Å². The predicted octanol–water partition coefficient (Wildman–Crippen LogP) is 4.32. The minimum atomic E-state index is 0.0109. The summed E-state index contributed by atoms with van der Waals surface area (Å²) in [4.78, 5) is 0. The van der Waals surface area contributed by atoms with E-state index in [4.69, 9.17) is 4.74 Å². The van der Waals surface area contributed by atoms with Crippen LogP contribution in [0.2, 0.25) is 0 Å². The van der Waals surface area contributed by atoms with Crippen LogP contribution in [-0.2, 0) is 11.2 Å². The topological polar surface area (TPSA) is 21.3 Å². The van der Waals surface area contributed by atoms with Crippen molar-refractivity contribution in [1.29, 1.82) is 0 Å². The van der Waals surface area contributed by atoms with Crippen LogP contribution in [-0.4, -0.2) is 25.3 Å². The molecule has 0 spiro atoms. The molecule has 2 rings (SSSR count). The highest BCUT2D eigenvalue weighted by Gasteiger charge is 2.39. The van der Waals surface area contributed by atoms with Crippen LogP contribution >= 0.6 is 15.9 Å². The molecule has 2 nitrogen and oxygen atoms in total. The van der Waals surface area contributed by atoms with Gasteiger partial charge in [-0.3, -0.25) is 0 Å². The summed E-state index contributed by atoms with van der Waals surface area (Å²) in [6.07, 6.45) is 7.29. The van der Waals surface area contributed by atoms with Crippen LogP contribution in [0.25, 0.3) is 0 Å². The fourth-order valence-electron chi connectivity index (χ4n) is 3.47. The largest absolute Gasteiger partial charge is 0.374 e. The van der Waals surface area contributed by atoms with Gasteiger partial charge in [0.2, 0.25) is 0 Å². The monoisotopic (exact) mass is 339 g/mol. The van der Waals surface area contributed by atoms with Crippen molar-refractivity contribution in [3.8, 4) is 0 Å². The van der Waals surface area contributed by atoms with Gasteiger partial charge in [0.05, 0.1) is 5.60 Å². The van der Waals surface area contributed by atoms with Gasteiger partial charge in [0, 0.05) is 17.1 Å². The lowest BCUT2D eigenvalue weighted by molar-refractivity contribution is -0.0883. The molecule has 20 heavy (non-hydrogen) atoms. The molecule has 3 heteroatoms. The van der Waals surface area contributed by atoms with Crippen molar-refractivity contribution in [3.05, 3.63) is 34.3 Å². The molecule has 112 valence electrons. The third-order valence-corrected chi connectivity index (χ3v) is 5.27. The quantitative estimate of drug-likeness (QED) is 0.833. The number of rotatable bonds is 6. The Balaban J connectivity index is 2.18. The molecule has 1 unspecified atom stereocenters. The van der Waals surface area contributed by atoms with Gasteiger partial charge in [-0.25, -0.2) is 0 Å². The van der Waals surface area contributed by atoms with Crippen LogP contribution in [0, 0.1) is 0 Å². The SMILES string of the molecule is CCOC1(C(Cc2ccccc2Br)NC)CCCCC1. The van der Waals surface area contributed by atoms with E-state index < -0.39 is 0 Å². The first kappa shape index (κ1) is 16.0. The van der Waals surface area contributed by atoms with Gasteiger partial charge in [0.15, 0.2) is 0 Å². The summed E-state index contributed by atoms with van der Waals surface area (Å²) in [5, 5.41) is 3.53. The third kappa shape index (κ3) is 3.63. The summed E-state index contributed by atoms with van der Waals surface area (Å²) in [6.45, 7) is 2.91. The molecule has 0 aliphatic heterocycles. The van der Waals surface area contributed by atoms with E-state index >= 15 is 0 Å². The van der Waals surface area contributed by atoms with E-state index in [9.17, 15) is 0 Å². The number of benzene rings is 1. The Bertz CT molecular complexity index is 410. The summed E-state index contributed by atoms with van der Waals surface area (Å²) >= 11 is 3.67. The van der Waals surface area contributed by atoms with Crippen molar-refractivity contribution in [2.45, 2.75) is 57.1 Å². The summed E-state index contributed by atoms with van der Waals surface area (Å²) in [6, 6.07) is 8.89. The summed E-state index contributed by atoms with van der Waals surface area (Å²) in [7, 11) is 2.07. The van der Waals surface area contributed by atoms with E-state index in [1.165, 1.54) is 42.1 Å². The molecule has 1 fully saturated rings. The second kappa shape index (κ2) is 7.58. The molecule has 1 atom stereocenters. The van der Waals surface area contributed by atoms with E-state index in [-0.39, 0.29) is 5.60 Å². The average molecular weight is 340 g/mol. The molecule has 0 bridgehead atoms. The average Bonchev–Trinajstić information content (AvgIpc) is 2.47. The van der Waals surface area contributed by atoms with Gasteiger partial charge in [0.1, 0.15) is 0 Å². The Morgan fingerprint density at radius 1 is 1.25 bits per heavy atom. The lowest BCUT2D eigenvalue weighted by atomic mass is 9.77. The highest BCUT2D eigenvalue weighted by atomic mass is 79.9. The van der Waals surface area contributed by atoms with E-state index in [0.29, 0.717) is 6.04 Å². The number of halogens is 1. The molecule has 0 amide bonds. The molecule has 1 N–H and O–H groups in total. The molecule has 0 radical (unpaired) electrons. The van der Waals surface area contributed by atoms with Crippen molar-refractivity contribution < 1.29 is 4.74 Å². The highest BCUT2D eigenvalue weighted by Crippen LogP contribution is 2.36. The summed E-state index contributed by atoms with van der Waals surface area (Å²) < 4.78 is 7.45. The molecule has 0 aromatic heterocycles. The Morgan fingerprint density at radius 2 is 1.95 bits per heavy atom. The first-order valence-electron chi connectivity index (χ1n) is 7.76. The molecule has 0 saturated heterocycles. The fourth-order valence-corrected chi connectivity index (χ4v) is 3.91. The lowest BCUT2D eigenvalue weighted by Crippen LogP contribution is -2.53. The second-order valence-electron chi connectivity index (χ2n) is 5.70. The first-order chi connectivity index (χ1) is 9.72. The Kier molecular flexibility index (Phi) is 6.06. The van der Waals surface area contributed by atoms with E-state index in [1.807, 2.05) is 0 Å². The minimum Gasteiger partial charge on any atom is -0.374 e. The molecule has 1 aromatic rings. The van der Waals surface area contributed by atoms with Crippen molar-refractivity contribution >= 4 is 15.9 Å². The van der Waals surface area contributed by atoms with Crippen LogP contribution in [0.15, 0.2) is 28.7 Å². The maximum absolute atomic E-state index is 6.26. The van der Waals surface area contributed by atoms with Crippen molar-refractivity contribution in [2.24, 2.45) is 0 Å².